The van der Waals surface area contributed by atoms with Crippen molar-refractivity contribution in [2.24, 2.45) is 5.41 Å². The number of nitrogens with one attached hydrogen (secondary N) is 1. The highest BCUT2D eigenvalue weighted by molar-refractivity contribution is 5.30. The standard InChI is InChI=1S/C16H25NO/c1-5-16(2,3)15(17-4)12-6-8-13(9-7-12)18-14-10-11-14/h6-9,14-15,17H,5,10-11H2,1-4H3. The van der Waals surface area contributed by atoms with Crippen LogP contribution in [0.25, 0.3) is 0 Å². The number of hydrogen-bond donors (Lipinski definition) is 1. The Morgan fingerprint density at radius 3 is 2.33 bits per heavy atom. The molecule has 0 amide bonds. The second-order valence-electron chi connectivity index (χ2n) is 5.95. The molecule has 1 fully saturated rings. The van der Waals surface area contributed by atoms with Crippen LogP contribution < -0.4 is 10.1 Å². The van der Waals surface area contributed by atoms with Gasteiger partial charge in [0.15, 0.2) is 0 Å². The van der Waals surface area contributed by atoms with Crippen LogP contribution in [-0.2, 0) is 0 Å². The van der Waals surface area contributed by atoms with Gasteiger partial charge in [-0.3, -0.25) is 0 Å². The Morgan fingerprint density at radius 2 is 1.89 bits per heavy atom. The van der Waals surface area contributed by atoms with Crippen molar-refractivity contribution in [1.29, 1.82) is 0 Å². The lowest BCUT2D eigenvalue weighted by Gasteiger charge is -2.33. The van der Waals surface area contributed by atoms with Crippen molar-refractivity contribution in [1.82, 2.24) is 5.32 Å². The van der Waals surface area contributed by atoms with Crippen LogP contribution in [0.1, 0.15) is 51.6 Å². The zero-order valence-corrected chi connectivity index (χ0v) is 12.0. The van der Waals surface area contributed by atoms with Crippen LogP contribution in [0.15, 0.2) is 24.3 Å². The van der Waals surface area contributed by atoms with E-state index in [1.54, 1.807) is 0 Å². The molecule has 1 aromatic rings. The van der Waals surface area contributed by atoms with Crippen molar-refractivity contribution in [2.75, 3.05) is 7.05 Å². The summed E-state index contributed by atoms with van der Waals surface area (Å²) in [6.07, 6.45) is 4.05. The van der Waals surface area contributed by atoms with Gasteiger partial charge in [-0.2, -0.15) is 0 Å². The van der Waals surface area contributed by atoms with E-state index in [0.29, 0.717) is 12.1 Å². The first-order chi connectivity index (χ1) is 8.56. The van der Waals surface area contributed by atoms with Crippen LogP contribution in [0.2, 0.25) is 0 Å². The van der Waals surface area contributed by atoms with E-state index < -0.39 is 0 Å². The molecule has 1 saturated carbocycles. The Labute approximate surface area is 111 Å². The first kappa shape index (κ1) is 13.4. The molecule has 2 rings (SSSR count). The maximum Gasteiger partial charge on any atom is 0.119 e. The zero-order valence-electron chi connectivity index (χ0n) is 12.0. The third-order valence-corrected chi connectivity index (χ3v) is 4.02. The highest BCUT2D eigenvalue weighted by atomic mass is 16.5. The summed E-state index contributed by atoms with van der Waals surface area (Å²) < 4.78 is 5.79. The van der Waals surface area contributed by atoms with Gasteiger partial charge in [0.05, 0.1) is 6.10 Å². The fourth-order valence-corrected chi connectivity index (χ4v) is 2.33. The Hall–Kier alpha value is -1.02. The van der Waals surface area contributed by atoms with Crippen LogP contribution in [0.4, 0.5) is 0 Å². The van der Waals surface area contributed by atoms with Gasteiger partial charge in [0.2, 0.25) is 0 Å². The van der Waals surface area contributed by atoms with Gasteiger partial charge in [-0.15, -0.1) is 0 Å². The second-order valence-corrected chi connectivity index (χ2v) is 5.95. The molecule has 2 nitrogen and oxygen atoms in total. The predicted octanol–water partition coefficient (Wildman–Crippen LogP) is 3.92. The molecular formula is C16H25NO. The molecule has 0 saturated heterocycles. The molecule has 1 atom stereocenters. The molecule has 0 bridgehead atoms. The van der Waals surface area contributed by atoms with Crippen LogP contribution in [0.3, 0.4) is 0 Å². The summed E-state index contributed by atoms with van der Waals surface area (Å²) >= 11 is 0. The van der Waals surface area contributed by atoms with Crippen LogP contribution in [0, 0.1) is 5.41 Å². The minimum Gasteiger partial charge on any atom is -0.490 e. The SMILES string of the molecule is CCC(C)(C)C(NC)c1ccc(OC2CC2)cc1. The second kappa shape index (κ2) is 5.31. The molecule has 18 heavy (non-hydrogen) atoms. The summed E-state index contributed by atoms with van der Waals surface area (Å²) in [6.45, 7) is 6.86. The molecule has 0 aliphatic heterocycles. The Balaban J connectivity index is 2.10. The normalized spacial score (nSPS) is 17.6. The van der Waals surface area contributed by atoms with Crippen LogP contribution in [-0.4, -0.2) is 13.2 Å². The van der Waals surface area contributed by atoms with E-state index in [-0.39, 0.29) is 5.41 Å². The molecule has 1 aliphatic carbocycles. The molecule has 100 valence electrons. The van der Waals surface area contributed by atoms with Gasteiger partial charge in [-0.1, -0.05) is 32.9 Å². The Morgan fingerprint density at radius 1 is 1.28 bits per heavy atom. The predicted molar refractivity (Wildman–Crippen MR) is 76.0 cm³/mol. The lowest BCUT2D eigenvalue weighted by atomic mass is 9.78. The topological polar surface area (TPSA) is 21.3 Å². The van der Waals surface area contributed by atoms with Crippen molar-refractivity contribution in [2.45, 2.75) is 52.2 Å². The van der Waals surface area contributed by atoms with Gasteiger partial charge < -0.3 is 10.1 Å². The van der Waals surface area contributed by atoms with Gasteiger partial charge in [0.25, 0.3) is 0 Å². The maximum atomic E-state index is 5.79. The van der Waals surface area contributed by atoms with E-state index >= 15 is 0 Å². The monoisotopic (exact) mass is 247 g/mol. The van der Waals surface area contributed by atoms with Crippen LogP contribution >= 0.6 is 0 Å². The maximum absolute atomic E-state index is 5.79. The molecule has 1 N–H and O–H groups in total. The minimum atomic E-state index is 0.258. The zero-order chi connectivity index (χ0) is 13.2. The first-order valence-corrected chi connectivity index (χ1v) is 7.00. The van der Waals surface area contributed by atoms with Crippen molar-refractivity contribution in [3.63, 3.8) is 0 Å². The number of ether oxygens (including phenoxy) is 1. The molecule has 2 heteroatoms. The van der Waals surface area contributed by atoms with Crippen molar-refractivity contribution < 1.29 is 4.74 Å². The number of hydrogen-bond acceptors (Lipinski definition) is 2. The van der Waals surface area contributed by atoms with Crippen molar-refractivity contribution >= 4 is 0 Å². The molecule has 0 aromatic heterocycles. The molecule has 0 radical (unpaired) electrons. The number of benzene rings is 1. The lowest BCUT2D eigenvalue weighted by Crippen LogP contribution is -2.31. The summed E-state index contributed by atoms with van der Waals surface area (Å²) in [5, 5.41) is 3.44. The van der Waals surface area contributed by atoms with E-state index in [1.807, 2.05) is 7.05 Å². The smallest absolute Gasteiger partial charge is 0.119 e. The fourth-order valence-electron chi connectivity index (χ4n) is 2.33. The number of rotatable bonds is 6. The summed E-state index contributed by atoms with van der Waals surface area (Å²) in [5.74, 6) is 1.01. The summed E-state index contributed by atoms with van der Waals surface area (Å²) in [6, 6.07) is 8.97. The van der Waals surface area contributed by atoms with E-state index in [0.717, 1.165) is 12.2 Å². The quantitative estimate of drug-likeness (QED) is 0.822. The van der Waals surface area contributed by atoms with Gasteiger partial charge >= 0.3 is 0 Å². The van der Waals surface area contributed by atoms with Gasteiger partial charge in [-0.25, -0.2) is 0 Å². The summed E-state index contributed by atoms with van der Waals surface area (Å²) in [7, 11) is 2.04. The van der Waals surface area contributed by atoms with Crippen molar-refractivity contribution in [3.05, 3.63) is 29.8 Å². The molecule has 1 aliphatic rings. The van der Waals surface area contributed by atoms with E-state index in [1.165, 1.54) is 18.4 Å². The van der Waals surface area contributed by atoms with E-state index in [4.69, 9.17) is 4.74 Å². The molecule has 1 unspecified atom stereocenters. The Kier molecular flexibility index (Phi) is 3.96. The summed E-state index contributed by atoms with van der Waals surface area (Å²) in [4.78, 5) is 0. The Bertz CT molecular complexity index is 379. The third kappa shape index (κ3) is 3.05. The first-order valence-electron chi connectivity index (χ1n) is 7.00. The third-order valence-electron chi connectivity index (χ3n) is 4.02. The van der Waals surface area contributed by atoms with Gasteiger partial charge in [0, 0.05) is 6.04 Å². The van der Waals surface area contributed by atoms with Crippen molar-refractivity contribution in [3.8, 4) is 5.75 Å². The highest BCUT2D eigenvalue weighted by Crippen LogP contribution is 2.36. The largest absolute Gasteiger partial charge is 0.490 e. The van der Waals surface area contributed by atoms with E-state index in [2.05, 4.69) is 50.4 Å². The van der Waals surface area contributed by atoms with Gasteiger partial charge in [-0.05, 0) is 49.4 Å². The summed E-state index contributed by atoms with van der Waals surface area (Å²) in [5.41, 5.74) is 1.60. The lowest BCUT2D eigenvalue weighted by molar-refractivity contribution is 0.245. The molecular weight excluding hydrogens is 222 g/mol. The highest BCUT2D eigenvalue weighted by Gasteiger charge is 2.28. The molecule has 0 spiro atoms. The fraction of sp³-hybridized carbons (Fsp3) is 0.625. The minimum absolute atomic E-state index is 0.258. The average Bonchev–Trinajstić information content (AvgIpc) is 3.16. The molecule has 1 aromatic carbocycles. The average molecular weight is 247 g/mol. The van der Waals surface area contributed by atoms with E-state index in [9.17, 15) is 0 Å². The van der Waals surface area contributed by atoms with Crippen LogP contribution in [0.5, 0.6) is 5.75 Å². The van der Waals surface area contributed by atoms with Gasteiger partial charge in [0.1, 0.15) is 5.75 Å². The molecule has 0 heterocycles.